The smallest absolute Gasteiger partial charge is 0.355 e. The van der Waals surface area contributed by atoms with Crippen LogP contribution in [0.5, 0.6) is 11.5 Å². The van der Waals surface area contributed by atoms with Crippen molar-refractivity contribution in [3.63, 3.8) is 0 Å². The third-order valence-electron chi connectivity index (χ3n) is 4.43. The molecule has 0 atom stereocenters. The molecule has 0 aliphatic heterocycles. The highest BCUT2D eigenvalue weighted by atomic mass is 35.5. The molecule has 160 valence electrons. The number of hydrogen-bond donors (Lipinski definition) is 1. The number of fused-ring (bicyclic) bond motifs is 1. The highest BCUT2D eigenvalue weighted by Gasteiger charge is 2.19. The van der Waals surface area contributed by atoms with E-state index in [-0.39, 0.29) is 5.91 Å². The Labute approximate surface area is 192 Å². The number of hydrazone groups is 1. The quantitative estimate of drug-likeness (QED) is 0.188. The molecule has 0 unspecified atom stereocenters. The number of carbonyl (C=O) groups excluding carboxylic acids is 2. The van der Waals surface area contributed by atoms with Gasteiger partial charge in [-0.25, -0.2) is 10.2 Å². The Balaban J connectivity index is 1.40. The third kappa shape index (κ3) is 4.77. The predicted molar refractivity (Wildman–Crippen MR) is 124 cm³/mol. The highest BCUT2D eigenvalue weighted by molar-refractivity contribution is 7.21. The Morgan fingerprint density at radius 2 is 1.78 bits per heavy atom. The number of aromatic nitrogens is 1. The number of hydrogen-bond acceptors (Lipinski definition) is 7. The number of ether oxygens (including phenoxy) is 2. The van der Waals surface area contributed by atoms with Gasteiger partial charge >= 0.3 is 5.97 Å². The van der Waals surface area contributed by atoms with Crippen LogP contribution in [0, 0.1) is 0 Å². The van der Waals surface area contributed by atoms with Crippen LogP contribution in [0.15, 0.2) is 72.1 Å². The molecule has 4 rings (SSSR count). The monoisotopic (exact) mass is 465 g/mol. The average molecular weight is 466 g/mol. The lowest BCUT2D eigenvalue weighted by Crippen LogP contribution is -2.17. The molecule has 9 heteroatoms. The minimum absolute atomic E-state index is 0.319. The Hall–Kier alpha value is -3.75. The highest BCUT2D eigenvalue weighted by Crippen LogP contribution is 2.37. The molecule has 2 aromatic carbocycles. The zero-order chi connectivity index (χ0) is 22.5. The number of pyridine rings is 1. The maximum Gasteiger partial charge on any atom is 0.355 e. The van der Waals surface area contributed by atoms with Crippen molar-refractivity contribution in [1.29, 1.82) is 0 Å². The summed E-state index contributed by atoms with van der Waals surface area (Å²) in [5.41, 5.74) is 3.61. The van der Waals surface area contributed by atoms with E-state index in [0.717, 1.165) is 10.1 Å². The van der Waals surface area contributed by atoms with Gasteiger partial charge in [0.2, 0.25) is 0 Å². The van der Waals surface area contributed by atoms with E-state index in [1.807, 2.05) is 12.1 Å². The van der Waals surface area contributed by atoms with Gasteiger partial charge in [-0.15, -0.1) is 11.3 Å². The number of carbonyl (C=O) groups is 2. The first kappa shape index (κ1) is 21.5. The topological polar surface area (TPSA) is 89.9 Å². The Bertz CT molecular complexity index is 1300. The van der Waals surface area contributed by atoms with Gasteiger partial charge in [-0.05, 0) is 60.2 Å². The van der Waals surface area contributed by atoms with Gasteiger partial charge in [0.05, 0.1) is 18.3 Å². The van der Waals surface area contributed by atoms with Gasteiger partial charge in [-0.1, -0.05) is 11.6 Å². The lowest BCUT2D eigenvalue weighted by atomic mass is 10.2. The van der Waals surface area contributed by atoms with E-state index < -0.39 is 5.97 Å². The van der Waals surface area contributed by atoms with Crippen LogP contribution in [-0.4, -0.2) is 30.2 Å². The molecule has 4 aromatic rings. The zero-order valence-electron chi connectivity index (χ0n) is 16.7. The number of benzene rings is 2. The Morgan fingerprint density at radius 3 is 2.50 bits per heavy atom. The molecule has 0 aliphatic carbocycles. The molecular formula is C23H16ClN3O4S. The average Bonchev–Trinajstić information content (AvgIpc) is 3.16. The van der Waals surface area contributed by atoms with Crippen molar-refractivity contribution in [2.75, 3.05) is 7.11 Å². The van der Waals surface area contributed by atoms with Crippen molar-refractivity contribution in [3.8, 4) is 11.5 Å². The van der Waals surface area contributed by atoms with Crippen LogP contribution < -0.4 is 14.9 Å². The summed E-state index contributed by atoms with van der Waals surface area (Å²) in [6, 6.07) is 15.3. The van der Waals surface area contributed by atoms with E-state index in [9.17, 15) is 9.59 Å². The lowest BCUT2D eigenvalue weighted by molar-refractivity contribution is 0.0739. The molecule has 1 amide bonds. The number of amides is 1. The molecule has 2 heterocycles. The largest absolute Gasteiger partial charge is 0.497 e. The van der Waals surface area contributed by atoms with Crippen molar-refractivity contribution in [1.82, 2.24) is 10.4 Å². The van der Waals surface area contributed by atoms with Crippen LogP contribution in [0.1, 0.15) is 25.6 Å². The minimum Gasteiger partial charge on any atom is -0.497 e. The van der Waals surface area contributed by atoms with E-state index in [1.54, 1.807) is 49.6 Å². The third-order valence-corrected chi connectivity index (χ3v) is 6.07. The number of thiophene rings is 1. The van der Waals surface area contributed by atoms with Crippen molar-refractivity contribution in [3.05, 3.63) is 88.0 Å². The molecule has 1 N–H and O–H groups in total. The normalized spacial score (nSPS) is 10.9. The number of methoxy groups -OCH3 is 1. The van der Waals surface area contributed by atoms with Crippen LogP contribution in [0.4, 0.5) is 0 Å². The lowest BCUT2D eigenvalue weighted by Gasteiger charge is -2.03. The van der Waals surface area contributed by atoms with E-state index in [1.165, 1.54) is 29.9 Å². The molecule has 0 fully saturated rings. The van der Waals surface area contributed by atoms with Gasteiger partial charge in [0.15, 0.2) is 0 Å². The van der Waals surface area contributed by atoms with E-state index in [2.05, 4.69) is 15.5 Å². The first-order valence-corrected chi connectivity index (χ1v) is 10.6. The van der Waals surface area contributed by atoms with E-state index >= 15 is 0 Å². The zero-order valence-corrected chi connectivity index (χ0v) is 18.3. The van der Waals surface area contributed by atoms with Gasteiger partial charge in [0, 0.05) is 28.0 Å². The summed E-state index contributed by atoms with van der Waals surface area (Å²) in [5, 5.41) is 5.05. The van der Waals surface area contributed by atoms with Gasteiger partial charge in [-0.3, -0.25) is 9.78 Å². The van der Waals surface area contributed by atoms with Crippen LogP contribution in [0.3, 0.4) is 0 Å². The Morgan fingerprint density at radius 1 is 1.06 bits per heavy atom. The molecule has 2 aromatic heterocycles. The maximum absolute atomic E-state index is 12.6. The SMILES string of the molecule is COc1ccc2c(Cl)c(C(=O)Oc3ccc(/C=N/NC(=O)c4ccncc4)cc3)sc2c1. The number of halogens is 1. The summed E-state index contributed by atoms with van der Waals surface area (Å²) in [6.45, 7) is 0. The van der Waals surface area contributed by atoms with Gasteiger partial charge < -0.3 is 9.47 Å². The minimum atomic E-state index is -0.541. The summed E-state index contributed by atoms with van der Waals surface area (Å²) in [4.78, 5) is 28.7. The predicted octanol–water partition coefficient (Wildman–Crippen LogP) is 4.94. The van der Waals surface area contributed by atoms with E-state index in [0.29, 0.717) is 32.5 Å². The molecule has 0 bridgehead atoms. The maximum atomic E-state index is 12.6. The summed E-state index contributed by atoms with van der Waals surface area (Å²) in [5.74, 6) is 0.164. The van der Waals surface area contributed by atoms with Gasteiger partial charge in [0.1, 0.15) is 16.4 Å². The second-order valence-corrected chi connectivity index (χ2v) is 7.93. The molecule has 0 saturated heterocycles. The molecule has 0 aliphatic rings. The summed E-state index contributed by atoms with van der Waals surface area (Å²) < 4.78 is 11.5. The second kappa shape index (κ2) is 9.59. The van der Waals surface area contributed by atoms with E-state index in [4.69, 9.17) is 21.1 Å². The first-order chi connectivity index (χ1) is 15.5. The van der Waals surface area contributed by atoms with Crippen molar-refractivity contribution >= 4 is 51.1 Å². The molecule has 32 heavy (non-hydrogen) atoms. The van der Waals surface area contributed by atoms with Crippen LogP contribution >= 0.6 is 22.9 Å². The summed E-state index contributed by atoms with van der Waals surface area (Å²) in [6.07, 6.45) is 4.55. The van der Waals surface area contributed by atoms with Crippen LogP contribution in [0.25, 0.3) is 10.1 Å². The summed E-state index contributed by atoms with van der Waals surface area (Å²) in [7, 11) is 1.58. The Kier molecular flexibility index (Phi) is 6.44. The fourth-order valence-electron chi connectivity index (χ4n) is 2.81. The van der Waals surface area contributed by atoms with Gasteiger partial charge in [-0.2, -0.15) is 5.10 Å². The summed E-state index contributed by atoms with van der Waals surface area (Å²) >= 11 is 7.62. The molecule has 0 saturated carbocycles. The van der Waals surface area contributed by atoms with Crippen molar-refractivity contribution < 1.29 is 19.1 Å². The van der Waals surface area contributed by atoms with Crippen LogP contribution in [-0.2, 0) is 0 Å². The molecule has 0 radical (unpaired) electrons. The molecule has 7 nitrogen and oxygen atoms in total. The molecule has 0 spiro atoms. The number of rotatable bonds is 6. The van der Waals surface area contributed by atoms with Crippen molar-refractivity contribution in [2.45, 2.75) is 0 Å². The number of esters is 1. The number of nitrogens with one attached hydrogen (secondary N) is 1. The molecular weight excluding hydrogens is 450 g/mol. The van der Waals surface area contributed by atoms with Crippen molar-refractivity contribution in [2.24, 2.45) is 5.10 Å². The standard InChI is InChI=1S/C23H16ClN3O4S/c1-30-17-6-7-18-19(12-17)32-21(20(18)24)23(29)31-16-4-2-14(3-5-16)13-26-27-22(28)15-8-10-25-11-9-15/h2-13H,1H3,(H,27,28)/b26-13+. The first-order valence-electron chi connectivity index (χ1n) is 9.37. The second-order valence-electron chi connectivity index (χ2n) is 6.50. The van der Waals surface area contributed by atoms with Crippen LogP contribution in [0.2, 0.25) is 5.02 Å². The fraction of sp³-hybridized carbons (Fsp3) is 0.0435. The van der Waals surface area contributed by atoms with Gasteiger partial charge in [0.25, 0.3) is 5.91 Å². The number of nitrogens with zero attached hydrogens (tertiary/aromatic N) is 2. The fourth-order valence-corrected chi connectivity index (χ4v) is 4.23.